The fourth-order valence-corrected chi connectivity index (χ4v) is 10.2. The fraction of sp³-hybridized carbons (Fsp3) is 0.246. The Kier molecular flexibility index (Phi) is 19.1. The Morgan fingerprint density at radius 2 is 0.844 bits per heavy atom. The number of thioether (sulfide) groups is 2. The highest BCUT2D eigenvalue weighted by atomic mass is 32.2. The van der Waals surface area contributed by atoms with Crippen LogP contribution in [0.25, 0.3) is 34.4 Å². The second-order valence-electron chi connectivity index (χ2n) is 18.0. The van der Waals surface area contributed by atoms with Crippen LogP contribution in [0, 0.1) is 0 Å². The van der Waals surface area contributed by atoms with Gasteiger partial charge in [0.25, 0.3) is 0 Å². The SMILES string of the molecule is COc1cc(/C=C/C(=O)CC(=O)/C=C/c2ccc(OC(=O)[C@H](CCSC)NC(=O)OCC3c4ccccc4-c4ccccc43)c(OC)c2)ccc1OC(=O)[C@H](CCSC)NC(=O)OCC1c2ccccc2-c2ccccc21. The van der Waals surface area contributed by atoms with Gasteiger partial charge in [-0.05, 0) is 129 Å². The molecule has 0 unspecified atom stereocenters. The number of ether oxygens (including phenoxy) is 6. The Morgan fingerprint density at radius 3 is 1.18 bits per heavy atom. The third kappa shape index (κ3) is 13.9. The minimum atomic E-state index is -1.01. The lowest BCUT2D eigenvalue weighted by Crippen LogP contribution is -2.44. The number of carbonyl (C=O) groups excluding carboxylic acids is 6. The summed E-state index contributed by atoms with van der Waals surface area (Å²) in [5, 5.41) is 5.38. The third-order valence-electron chi connectivity index (χ3n) is 13.1. The van der Waals surface area contributed by atoms with Crippen LogP contribution in [0.2, 0.25) is 0 Å². The maximum Gasteiger partial charge on any atom is 0.407 e. The number of hydrogen-bond acceptors (Lipinski definition) is 14. The van der Waals surface area contributed by atoms with E-state index < -0.39 is 54.2 Å². The van der Waals surface area contributed by atoms with Gasteiger partial charge in [-0.25, -0.2) is 19.2 Å². The minimum absolute atomic E-state index is 0.0864. The van der Waals surface area contributed by atoms with Crippen LogP contribution in [-0.4, -0.2) is 99.2 Å². The van der Waals surface area contributed by atoms with Gasteiger partial charge in [-0.2, -0.15) is 23.5 Å². The van der Waals surface area contributed by atoms with Crippen molar-refractivity contribution < 1.29 is 57.2 Å². The molecule has 0 radical (unpaired) electrons. The molecule has 77 heavy (non-hydrogen) atoms. The van der Waals surface area contributed by atoms with Gasteiger partial charge in [0.05, 0.1) is 20.6 Å². The summed E-state index contributed by atoms with van der Waals surface area (Å²) in [5.41, 5.74) is 9.74. The van der Waals surface area contributed by atoms with Crippen molar-refractivity contribution in [2.24, 2.45) is 0 Å². The van der Waals surface area contributed by atoms with E-state index in [-0.39, 0.29) is 60.9 Å². The number of methoxy groups -OCH3 is 2. The molecule has 8 rings (SSSR count). The molecule has 0 saturated heterocycles. The maximum atomic E-state index is 13.5. The van der Waals surface area contributed by atoms with Gasteiger partial charge in [-0.3, -0.25) is 9.59 Å². The van der Waals surface area contributed by atoms with E-state index in [2.05, 4.69) is 34.9 Å². The number of fused-ring (bicyclic) bond motifs is 6. The molecule has 2 amide bonds. The molecule has 0 aliphatic heterocycles. The van der Waals surface area contributed by atoms with Crippen molar-refractivity contribution in [1.82, 2.24) is 10.6 Å². The van der Waals surface area contributed by atoms with Crippen LogP contribution in [0.4, 0.5) is 9.59 Å². The van der Waals surface area contributed by atoms with Crippen LogP contribution in [0.3, 0.4) is 0 Å². The Hall–Kier alpha value is -8.08. The molecule has 0 saturated carbocycles. The molecule has 16 heteroatoms. The average Bonchev–Trinajstić information content (AvgIpc) is 3.97. The van der Waals surface area contributed by atoms with Gasteiger partial charge in [-0.1, -0.05) is 121 Å². The summed E-state index contributed by atoms with van der Waals surface area (Å²) in [6.45, 7) is 0.173. The van der Waals surface area contributed by atoms with Crippen LogP contribution >= 0.6 is 23.5 Å². The molecule has 2 atom stereocenters. The van der Waals surface area contributed by atoms with E-state index in [1.165, 1.54) is 74.2 Å². The van der Waals surface area contributed by atoms with E-state index in [0.29, 0.717) is 22.6 Å². The maximum absolute atomic E-state index is 13.5. The molecule has 2 N–H and O–H groups in total. The van der Waals surface area contributed by atoms with Crippen LogP contribution in [0.1, 0.15) is 64.5 Å². The highest BCUT2D eigenvalue weighted by Gasteiger charge is 2.32. The Bertz CT molecular complexity index is 2910. The van der Waals surface area contributed by atoms with Gasteiger partial charge in [0.15, 0.2) is 34.6 Å². The molecule has 0 spiro atoms. The zero-order valence-corrected chi connectivity index (χ0v) is 44.6. The number of hydrogen-bond donors (Lipinski definition) is 2. The number of alkyl carbamates (subject to hydrolysis) is 2. The minimum Gasteiger partial charge on any atom is -0.493 e. The Morgan fingerprint density at radius 1 is 0.494 bits per heavy atom. The monoisotopic (exact) mass is 1070 g/mol. The van der Waals surface area contributed by atoms with Crippen molar-refractivity contribution >= 4 is 71.4 Å². The van der Waals surface area contributed by atoms with E-state index in [1.807, 2.05) is 85.3 Å². The van der Waals surface area contributed by atoms with E-state index in [4.69, 9.17) is 28.4 Å². The molecule has 2 aliphatic carbocycles. The highest BCUT2D eigenvalue weighted by Crippen LogP contribution is 2.46. The van der Waals surface area contributed by atoms with Crippen molar-refractivity contribution in [3.8, 4) is 45.3 Å². The normalized spacial score (nSPS) is 13.1. The van der Waals surface area contributed by atoms with E-state index in [9.17, 15) is 28.8 Å². The van der Waals surface area contributed by atoms with Crippen LogP contribution in [0.15, 0.2) is 146 Å². The van der Waals surface area contributed by atoms with Gasteiger partial charge in [0, 0.05) is 11.8 Å². The smallest absolute Gasteiger partial charge is 0.407 e. The molecular weight excluding hydrogens is 1020 g/mol. The zero-order chi connectivity index (χ0) is 54.3. The zero-order valence-electron chi connectivity index (χ0n) is 43.0. The first kappa shape index (κ1) is 55.2. The summed E-state index contributed by atoms with van der Waals surface area (Å²) in [6.07, 6.45) is 8.01. The van der Waals surface area contributed by atoms with E-state index in [1.54, 1.807) is 24.3 Å². The van der Waals surface area contributed by atoms with Crippen molar-refractivity contribution in [3.05, 3.63) is 179 Å². The van der Waals surface area contributed by atoms with Gasteiger partial charge >= 0.3 is 24.1 Å². The van der Waals surface area contributed by atoms with E-state index in [0.717, 1.165) is 44.5 Å². The first-order valence-corrected chi connectivity index (χ1v) is 27.7. The van der Waals surface area contributed by atoms with Crippen LogP contribution < -0.4 is 29.6 Å². The molecule has 396 valence electrons. The van der Waals surface area contributed by atoms with Crippen LogP contribution in [0.5, 0.6) is 23.0 Å². The number of benzene rings is 6. The molecule has 0 heterocycles. The van der Waals surface area contributed by atoms with Gasteiger partial charge in [-0.15, -0.1) is 0 Å². The van der Waals surface area contributed by atoms with Crippen molar-refractivity contribution in [3.63, 3.8) is 0 Å². The lowest BCUT2D eigenvalue weighted by Gasteiger charge is -2.19. The Labute approximate surface area is 455 Å². The molecule has 6 aromatic carbocycles. The molecule has 2 aliphatic rings. The topological polar surface area (TPSA) is 182 Å². The predicted molar refractivity (Wildman–Crippen MR) is 300 cm³/mol. The quantitative estimate of drug-likeness (QED) is 0.0253. The lowest BCUT2D eigenvalue weighted by molar-refractivity contribution is -0.137. The molecule has 14 nitrogen and oxygen atoms in total. The molecule has 6 aromatic rings. The van der Waals surface area contributed by atoms with Crippen molar-refractivity contribution in [1.29, 1.82) is 0 Å². The number of carbonyl (C=O) groups is 6. The van der Waals surface area contributed by atoms with Gasteiger partial charge in [0.2, 0.25) is 0 Å². The number of amides is 2. The number of esters is 2. The lowest BCUT2D eigenvalue weighted by atomic mass is 9.98. The Balaban J connectivity index is 0.811. The van der Waals surface area contributed by atoms with Crippen LogP contribution in [-0.2, 0) is 28.7 Å². The summed E-state index contributed by atoms with van der Waals surface area (Å²) >= 11 is 3.03. The predicted octanol–water partition coefficient (Wildman–Crippen LogP) is 11.1. The molecule has 0 bridgehead atoms. The van der Waals surface area contributed by atoms with Crippen molar-refractivity contribution in [2.45, 2.75) is 43.2 Å². The summed E-state index contributed by atoms with van der Waals surface area (Å²) in [6, 6.07) is 39.5. The summed E-state index contributed by atoms with van der Waals surface area (Å²) in [7, 11) is 2.81. The molecular formula is C61H58N2O12S2. The summed E-state index contributed by atoms with van der Waals surface area (Å²) in [4.78, 5) is 79.2. The fourth-order valence-electron chi connectivity index (χ4n) is 9.31. The largest absolute Gasteiger partial charge is 0.493 e. The van der Waals surface area contributed by atoms with Gasteiger partial charge in [0.1, 0.15) is 25.3 Å². The second-order valence-corrected chi connectivity index (χ2v) is 20.0. The molecule has 0 fully saturated rings. The van der Waals surface area contributed by atoms with Gasteiger partial charge < -0.3 is 39.1 Å². The first-order valence-electron chi connectivity index (χ1n) is 24.9. The summed E-state index contributed by atoms with van der Waals surface area (Å²) in [5.74, 6) is -0.906. The first-order chi connectivity index (χ1) is 37.5. The molecule has 0 aromatic heterocycles. The van der Waals surface area contributed by atoms with E-state index >= 15 is 0 Å². The number of allylic oxidation sites excluding steroid dienone is 2. The number of rotatable bonds is 24. The number of ketones is 2. The second kappa shape index (κ2) is 26.6. The summed E-state index contributed by atoms with van der Waals surface area (Å²) < 4.78 is 33.9. The highest BCUT2D eigenvalue weighted by molar-refractivity contribution is 7.98. The average molecular weight is 1080 g/mol. The number of nitrogens with one attached hydrogen (secondary N) is 2. The third-order valence-corrected chi connectivity index (χ3v) is 14.4. The van der Waals surface area contributed by atoms with Crippen molar-refractivity contribution in [2.75, 3.05) is 51.5 Å². The standard InChI is InChI=1S/C61H58N2O12S2/c1-70-56-33-38(23-27-54(56)74-58(66)52(29-31-76-3)62-60(68)72-36-50-46-17-9-5-13-42(46)43-14-6-10-18-47(43)50)21-25-40(64)35-41(65)26-22-39-24-28-55(57(34-39)71-2)75-59(67)53(30-32-77-4)63-61(69)73-37-51-48-19-11-7-15-44(48)45-16-8-12-20-49(45)51/h5-28,33-34,50-53H,29-32,35-37H2,1-4H3,(H,62,68)(H,63,69)/b25-21+,26-22+/t52-,53-/m0/s1.